The number of nitro benzene ring substituents is 1. The summed E-state index contributed by atoms with van der Waals surface area (Å²) in [5, 5.41) is 14.3. The molecule has 0 saturated carbocycles. The summed E-state index contributed by atoms with van der Waals surface area (Å²) in [6.07, 6.45) is 4.31. The van der Waals surface area contributed by atoms with Gasteiger partial charge < -0.3 is 10.3 Å². The number of nitro groups is 1. The van der Waals surface area contributed by atoms with Gasteiger partial charge in [-0.2, -0.15) is 0 Å². The van der Waals surface area contributed by atoms with Crippen molar-refractivity contribution < 1.29 is 4.92 Å². The first-order valence-corrected chi connectivity index (χ1v) is 7.06. The first kappa shape index (κ1) is 14.7. The van der Waals surface area contributed by atoms with Gasteiger partial charge in [-0.15, -0.1) is 0 Å². The van der Waals surface area contributed by atoms with Crippen molar-refractivity contribution in [1.29, 1.82) is 0 Å². The maximum Gasteiger partial charge on any atom is 0.275 e. The average molecular weight is 339 g/mol. The van der Waals surface area contributed by atoms with Crippen LogP contribution in [0.3, 0.4) is 0 Å². The van der Waals surface area contributed by atoms with Gasteiger partial charge in [-0.1, -0.05) is 22.9 Å². The third-order valence-corrected chi connectivity index (χ3v) is 3.53. The fourth-order valence-electron chi connectivity index (χ4n) is 1.99. The third kappa shape index (κ3) is 3.43. The van der Waals surface area contributed by atoms with Gasteiger partial charge in [0.15, 0.2) is 0 Å². The largest absolute Gasteiger partial charge is 0.347 e. The summed E-state index contributed by atoms with van der Waals surface area (Å²) in [5.41, 5.74) is 0.768. The highest BCUT2D eigenvalue weighted by atomic mass is 79.9. The minimum absolute atomic E-state index is 0.0493. The normalized spacial score (nSPS) is 12.3. The third-order valence-electron chi connectivity index (χ3n) is 3.04. The highest BCUT2D eigenvalue weighted by Gasteiger charge is 2.16. The number of nitrogens with one attached hydrogen (secondary N) is 2. The Hall–Kier alpha value is -1.73. The number of hydrogen-bond acceptors (Lipinski definition) is 4. The molecule has 1 unspecified atom stereocenters. The van der Waals surface area contributed by atoms with Crippen molar-refractivity contribution in [3.63, 3.8) is 0 Å². The molecule has 0 aliphatic rings. The molecule has 6 nitrogen and oxygen atoms in total. The van der Waals surface area contributed by atoms with Crippen LogP contribution < -0.4 is 5.32 Å². The first-order chi connectivity index (χ1) is 9.61. The molecule has 7 heteroatoms. The summed E-state index contributed by atoms with van der Waals surface area (Å²) in [7, 11) is 0. The number of rotatable bonds is 6. The number of aromatic nitrogens is 2. The SMILES string of the molecule is CCC(NCc1ccc(Br)cc1[N+](=O)[O-])c1ncc[nH]1. The van der Waals surface area contributed by atoms with E-state index in [1.165, 1.54) is 6.07 Å². The van der Waals surface area contributed by atoms with Gasteiger partial charge in [0.05, 0.1) is 11.0 Å². The predicted octanol–water partition coefficient (Wildman–Crippen LogP) is 3.32. The second-order valence-electron chi connectivity index (χ2n) is 4.35. The second-order valence-corrected chi connectivity index (χ2v) is 5.26. The molecule has 2 N–H and O–H groups in total. The van der Waals surface area contributed by atoms with E-state index in [4.69, 9.17) is 0 Å². The molecule has 106 valence electrons. The number of hydrogen-bond donors (Lipinski definition) is 2. The second kappa shape index (κ2) is 6.62. The number of nitrogens with zero attached hydrogens (tertiary/aromatic N) is 2. The average Bonchev–Trinajstić information content (AvgIpc) is 2.94. The number of aromatic amines is 1. The molecule has 1 atom stereocenters. The van der Waals surface area contributed by atoms with Crippen molar-refractivity contribution in [2.75, 3.05) is 0 Å². The zero-order valence-electron chi connectivity index (χ0n) is 11.0. The zero-order chi connectivity index (χ0) is 14.5. The Morgan fingerprint density at radius 2 is 2.35 bits per heavy atom. The van der Waals surface area contributed by atoms with Crippen molar-refractivity contribution in [1.82, 2.24) is 15.3 Å². The minimum atomic E-state index is -0.365. The van der Waals surface area contributed by atoms with E-state index in [1.54, 1.807) is 24.5 Å². The van der Waals surface area contributed by atoms with Crippen molar-refractivity contribution >= 4 is 21.6 Å². The Morgan fingerprint density at radius 3 is 2.95 bits per heavy atom. The van der Waals surface area contributed by atoms with Gasteiger partial charge in [0.2, 0.25) is 0 Å². The molecule has 1 aromatic carbocycles. The Labute approximate surface area is 124 Å². The number of H-pyrrole nitrogens is 1. The van der Waals surface area contributed by atoms with E-state index in [1.807, 2.05) is 6.92 Å². The molecule has 0 amide bonds. The Bertz CT molecular complexity index is 586. The molecule has 0 spiro atoms. The van der Waals surface area contributed by atoms with Crippen LogP contribution in [-0.4, -0.2) is 14.9 Å². The highest BCUT2D eigenvalue weighted by Crippen LogP contribution is 2.24. The lowest BCUT2D eigenvalue weighted by molar-refractivity contribution is -0.385. The van der Waals surface area contributed by atoms with Crippen LogP contribution in [0.4, 0.5) is 5.69 Å². The summed E-state index contributed by atoms with van der Waals surface area (Å²) in [6, 6.07) is 5.13. The van der Waals surface area contributed by atoms with Gasteiger partial charge in [-0.05, 0) is 18.6 Å². The Kier molecular flexibility index (Phi) is 4.86. The summed E-state index contributed by atoms with van der Waals surface area (Å²) < 4.78 is 0.700. The molecule has 1 heterocycles. The molecule has 0 bridgehead atoms. The van der Waals surface area contributed by atoms with Gasteiger partial charge in [-0.3, -0.25) is 10.1 Å². The fourth-order valence-corrected chi connectivity index (χ4v) is 2.34. The van der Waals surface area contributed by atoms with Gasteiger partial charge in [0.1, 0.15) is 5.82 Å². The van der Waals surface area contributed by atoms with E-state index in [-0.39, 0.29) is 16.7 Å². The number of imidazole rings is 1. The van der Waals surface area contributed by atoms with Crippen molar-refractivity contribution in [3.05, 3.63) is 56.6 Å². The van der Waals surface area contributed by atoms with Crippen LogP contribution in [0.2, 0.25) is 0 Å². The molecule has 0 saturated heterocycles. The standard InChI is InChI=1S/C13H15BrN4O2/c1-2-11(13-15-5-6-16-13)17-8-9-3-4-10(14)7-12(9)18(19)20/h3-7,11,17H,2,8H2,1H3,(H,15,16). The van der Waals surface area contributed by atoms with E-state index in [0.29, 0.717) is 16.6 Å². The lowest BCUT2D eigenvalue weighted by Crippen LogP contribution is -2.21. The van der Waals surface area contributed by atoms with Crippen LogP contribution in [0.25, 0.3) is 0 Å². The monoisotopic (exact) mass is 338 g/mol. The van der Waals surface area contributed by atoms with Gasteiger partial charge >= 0.3 is 0 Å². The van der Waals surface area contributed by atoms with Gasteiger partial charge in [-0.25, -0.2) is 4.98 Å². The van der Waals surface area contributed by atoms with Crippen LogP contribution in [0.1, 0.15) is 30.8 Å². The smallest absolute Gasteiger partial charge is 0.275 e. The van der Waals surface area contributed by atoms with E-state index in [9.17, 15) is 10.1 Å². The predicted molar refractivity (Wildman–Crippen MR) is 79.3 cm³/mol. The summed E-state index contributed by atoms with van der Waals surface area (Å²) in [6.45, 7) is 2.46. The van der Waals surface area contributed by atoms with Crippen molar-refractivity contribution in [3.8, 4) is 0 Å². The van der Waals surface area contributed by atoms with E-state index < -0.39 is 0 Å². The summed E-state index contributed by atoms with van der Waals surface area (Å²) in [5.74, 6) is 0.840. The van der Waals surface area contributed by atoms with Crippen LogP contribution in [-0.2, 0) is 6.54 Å². The lowest BCUT2D eigenvalue weighted by Gasteiger charge is -2.14. The fraction of sp³-hybridized carbons (Fsp3) is 0.308. The van der Waals surface area contributed by atoms with Crippen LogP contribution >= 0.6 is 15.9 Å². The summed E-state index contributed by atoms with van der Waals surface area (Å²) >= 11 is 3.25. The zero-order valence-corrected chi connectivity index (χ0v) is 12.6. The van der Waals surface area contributed by atoms with Crippen LogP contribution in [0.5, 0.6) is 0 Å². The Morgan fingerprint density at radius 1 is 1.55 bits per heavy atom. The molecular weight excluding hydrogens is 324 g/mol. The van der Waals surface area contributed by atoms with E-state index in [0.717, 1.165) is 12.2 Å². The van der Waals surface area contributed by atoms with E-state index in [2.05, 4.69) is 31.2 Å². The maximum atomic E-state index is 11.1. The molecule has 0 fully saturated rings. The molecule has 0 aliphatic heterocycles. The topological polar surface area (TPSA) is 83.8 Å². The van der Waals surface area contributed by atoms with Crippen LogP contribution in [0, 0.1) is 10.1 Å². The molecule has 0 aliphatic carbocycles. The van der Waals surface area contributed by atoms with Crippen molar-refractivity contribution in [2.24, 2.45) is 0 Å². The first-order valence-electron chi connectivity index (χ1n) is 6.27. The van der Waals surface area contributed by atoms with Gasteiger partial charge in [0.25, 0.3) is 5.69 Å². The number of halogens is 1. The minimum Gasteiger partial charge on any atom is -0.347 e. The molecule has 2 rings (SSSR count). The van der Waals surface area contributed by atoms with E-state index >= 15 is 0 Å². The maximum absolute atomic E-state index is 11.1. The number of benzene rings is 1. The molecule has 0 radical (unpaired) electrons. The lowest BCUT2D eigenvalue weighted by atomic mass is 10.1. The molecule has 20 heavy (non-hydrogen) atoms. The molecule has 1 aromatic heterocycles. The summed E-state index contributed by atoms with van der Waals surface area (Å²) in [4.78, 5) is 18.0. The molecule has 2 aromatic rings. The highest BCUT2D eigenvalue weighted by molar-refractivity contribution is 9.10. The van der Waals surface area contributed by atoms with Crippen LogP contribution in [0.15, 0.2) is 35.1 Å². The van der Waals surface area contributed by atoms with Gasteiger partial charge in [0, 0.05) is 35.0 Å². The Balaban J connectivity index is 2.12. The van der Waals surface area contributed by atoms with Crippen molar-refractivity contribution in [2.45, 2.75) is 25.9 Å². The quantitative estimate of drug-likeness (QED) is 0.625. The molecular formula is C13H15BrN4O2.